The number of hydrogen-bond donors (Lipinski definition) is 1. The highest BCUT2D eigenvalue weighted by atomic mass is 16.7. The van der Waals surface area contributed by atoms with Crippen LogP contribution in [0, 0.1) is 0 Å². The summed E-state index contributed by atoms with van der Waals surface area (Å²) in [6.45, 7) is 1.49. The van der Waals surface area contributed by atoms with Crippen LogP contribution >= 0.6 is 0 Å². The van der Waals surface area contributed by atoms with Crippen LogP contribution in [-0.2, 0) is 20.8 Å². The van der Waals surface area contributed by atoms with Crippen LogP contribution in [0.25, 0.3) is 0 Å². The zero-order chi connectivity index (χ0) is 14.5. The largest absolute Gasteiger partial charge is 0.507 e. The first-order valence-corrected chi connectivity index (χ1v) is 6.99. The van der Waals surface area contributed by atoms with Crippen molar-refractivity contribution in [2.75, 3.05) is 13.2 Å². The normalized spacial score (nSPS) is 21.5. The van der Waals surface area contributed by atoms with E-state index in [2.05, 4.69) is 0 Å². The van der Waals surface area contributed by atoms with E-state index in [0.717, 1.165) is 5.56 Å². The summed E-state index contributed by atoms with van der Waals surface area (Å²) in [6, 6.07) is 17.1. The van der Waals surface area contributed by atoms with Gasteiger partial charge in [0.15, 0.2) is 6.29 Å². The second-order valence-electron chi connectivity index (χ2n) is 4.98. The van der Waals surface area contributed by atoms with E-state index >= 15 is 0 Å². The van der Waals surface area contributed by atoms with Gasteiger partial charge in [0.2, 0.25) is 0 Å². The number of ether oxygens (including phenoxy) is 3. The van der Waals surface area contributed by atoms with Gasteiger partial charge in [-0.1, -0.05) is 48.5 Å². The smallest absolute Gasteiger partial charge is 0.188 e. The zero-order valence-electron chi connectivity index (χ0n) is 11.6. The molecule has 0 aromatic heterocycles. The first kappa shape index (κ1) is 14.1. The van der Waals surface area contributed by atoms with Crippen LogP contribution < -0.4 is 0 Å². The molecule has 4 nitrogen and oxygen atoms in total. The summed E-state index contributed by atoms with van der Waals surface area (Å²) >= 11 is 0. The lowest BCUT2D eigenvalue weighted by Gasteiger charge is -2.13. The summed E-state index contributed by atoms with van der Waals surface area (Å²) in [5, 5.41) is 9.79. The Balaban J connectivity index is 1.48. The van der Waals surface area contributed by atoms with Crippen molar-refractivity contribution in [3.8, 4) is 5.75 Å². The molecule has 110 valence electrons. The molecule has 21 heavy (non-hydrogen) atoms. The molecule has 0 saturated carbocycles. The minimum absolute atomic E-state index is 0.113. The van der Waals surface area contributed by atoms with Gasteiger partial charge in [-0.05, 0) is 11.6 Å². The third kappa shape index (κ3) is 3.61. The van der Waals surface area contributed by atoms with Crippen LogP contribution in [0.1, 0.15) is 17.4 Å². The quantitative estimate of drug-likeness (QED) is 0.918. The summed E-state index contributed by atoms with van der Waals surface area (Å²) in [7, 11) is 0. The minimum atomic E-state index is -0.517. The lowest BCUT2D eigenvalue weighted by Crippen LogP contribution is -2.17. The lowest BCUT2D eigenvalue weighted by atomic mass is 10.2. The molecule has 0 amide bonds. The molecule has 2 atom stereocenters. The molecule has 0 spiro atoms. The maximum atomic E-state index is 9.79. The highest BCUT2D eigenvalue weighted by molar-refractivity contribution is 5.33. The van der Waals surface area contributed by atoms with Gasteiger partial charge in [0.1, 0.15) is 11.9 Å². The third-order valence-corrected chi connectivity index (χ3v) is 3.36. The molecule has 1 saturated heterocycles. The number of benzene rings is 2. The van der Waals surface area contributed by atoms with Gasteiger partial charge >= 0.3 is 0 Å². The second-order valence-corrected chi connectivity index (χ2v) is 4.98. The van der Waals surface area contributed by atoms with Crippen molar-refractivity contribution in [1.29, 1.82) is 0 Å². The van der Waals surface area contributed by atoms with E-state index in [1.54, 1.807) is 18.2 Å². The maximum Gasteiger partial charge on any atom is 0.188 e. The summed E-state index contributed by atoms with van der Waals surface area (Å²) in [5.41, 5.74) is 1.79. The van der Waals surface area contributed by atoms with Crippen LogP contribution in [0.15, 0.2) is 54.6 Å². The van der Waals surface area contributed by atoms with Gasteiger partial charge < -0.3 is 19.3 Å². The molecular weight excluding hydrogens is 268 g/mol. The lowest BCUT2D eigenvalue weighted by molar-refractivity contribution is -0.0761. The van der Waals surface area contributed by atoms with Crippen LogP contribution in [-0.4, -0.2) is 24.4 Å². The Morgan fingerprint density at radius 3 is 2.62 bits per heavy atom. The predicted molar refractivity (Wildman–Crippen MR) is 77.8 cm³/mol. The van der Waals surface area contributed by atoms with E-state index in [0.29, 0.717) is 25.4 Å². The molecule has 4 heteroatoms. The zero-order valence-corrected chi connectivity index (χ0v) is 11.6. The number of phenolic OH excluding ortho intramolecular Hbond substituents is 1. The van der Waals surface area contributed by atoms with Crippen LogP contribution in [0.3, 0.4) is 0 Å². The standard InChI is InChI=1S/C17H18O4/c18-16-9-5-4-8-15(16)17-20-12-14(21-17)11-19-10-13-6-2-1-3-7-13/h1-9,14,17-18H,10-12H2/t14-,17?/m1/s1. The maximum absolute atomic E-state index is 9.79. The van der Waals surface area contributed by atoms with Crippen molar-refractivity contribution in [3.63, 3.8) is 0 Å². The van der Waals surface area contributed by atoms with Crippen molar-refractivity contribution in [3.05, 3.63) is 65.7 Å². The van der Waals surface area contributed by atoms with E-state index in [9.17, 15) is 5.11 Å². The summed E-state index contributed by atoms with van der Waals surface area (Å²) < 4.78 is 17.0. The van der Waals surface area contributed by atoms with E-state index in [4.69, 9.17) is 14.2 Å². The van der Waals surface area contributed by atoms with Gasteiger partial charge in [-0.2, -0.15) is 0 Å². The van der Waals surface area contributed by atoms with Gasteiger partial charge in [0.25, 0.3) is 0 Å². The molecule has 1 aliphatic heterocycles. The van der Waals surface area contributed by atoms with Gasteiger partial charge in [0.05, 0.1) is 19.8 Å². The molecule has 1 unspecified atom stereocenters. The van der Waals surface area contributed by atoms with Gasteiger partial charge in [-0.25, -0.2) is 0 Å². The van der Waals surface area contributed by atoms with Crippen LogP contribution in [0.2, 0.25) is 0 Å². The fourth-order valence-corrected chi connectivity index (χ4v) is 2.27. The van der Waals surface area contributed by atoms with Crippen LogP contribution in [0.5, 0.6) is 5.75 Å². The van der Waals surface area contributed by atoms with E-state index in [1.807, 2.05) is 36.4 Å². The van der Waals surface area contributed by atoms with Crippen molar-refractivity contribution >= 4 is 0 Å². The Morgan fingerprint density at radius 2 is 1.81 bits per heavy atom. The number of rotatable bonds is 5. The second kappa shape index (κ2) is 6.72. The molecule has 1 heterocycles. The summed E-state index contributed by atoms with van der Waals surface area (Å²) in [5.74, 6) is 0.188. The Morgan fingerprint density at radius 1 is 1.05 bits per heavy atom. The Labute approximate surface area is 123 Å². The van der Waals surface area contributed by atoms with Gasteiger partial charge in [-0.15, -0.1) is 0 Å². The number of aromatic hydroxyl groups is 1. The number of phenols is 1. The highest BCUT2D eigenvalue weighted by Gasteiger charge is 2.29. The molecule has 2 aromatic rings. The van der Waals surface area contributed by atoms with Gasteiger partial charge in [-0.3, -0.25) is 0 Å². The molecule has 0 aliphatic carbocycles. The third-order valence-electron chi connectivity index (χ3n) is 3.36. The minimum Gasteiger partial charge on any atom is -0.507 e. The molecule has 1 aliphatic rings. The first-order valence-electron chi connectivity index (χ1n) is 6.99. The van der Waals surface area contributed by atoms with E-state index < -0.39 is 6.29 Å². The van der Waals surface area contributed by atoms with Crippen molar-refractivity contribution in [2.24, 2.45) is 0 Å². The molecule has 0 radical (unpaired) electrons. The summed E-state index contributed by atoms with van der Waals surface area (Å²) in [6.07, 6.45) is -0.630. The Hall–Kier alpha value is -1.88. The van der Waals surface area contributed by atoms with Crippen molar-refractivity contribution in [2.45, 2.75) is 19.0 Å². The van der Waals surface area contributed by atoms with Crippen molar-refractivity contribution in [1.82, 2.24) is 0 Å². The SMILES string of the molecule is Oc1ccccc1C1OC[C@@H](COCc2ccccc2)O1. The first-order chi connectivity index (χ1) is 10.3. The van der Waals surface area contributed by atoms with Gasteiger partial charge in [0, 0.05) is 5.56 Å². The predicted octanol–water partition coefficient (Wildman–Crippen LogP) is 3.02. The highest BCUT2D eigenvalue weighted by Crippen LogP contribution is 2.32. The molecule has 3 rings (SSSR count). The molecular formula is C17H18O4. The van der Waals surface area contributed by atoms with E-state index in [1.165, 1.54) is 0 Å². The average molecular weight is 286 g/mol. The molecule has 1 N–H and O–H groups in total. The number of para-hydroxylation sites is 1. The summed E-state index contributed by atoms with van der Waals surface area (Å²) in [4.78, 5) is 0. The monoisotopic (exact) mass is 286 g/mol. The van der Waals surface area contributed by atoms with Crippen LogP contribution in [0.4, 0.5) is 0 Å². The van der Waals surface area contributed by atoms with E-state index in [-0.39, 0.29) is 11.9 Å². The Bertz CT molecular complexity index is 570. The molecule has 0 bridgehead atoms. The fourth-order valence-electron chi connectivity index (χ4n) is 2.27. The number of hydrogen-bond acceptors (Lipinski definition) is 4. The topological polar surface area (TPSA) is 47.9 Å². The van der Waals surface area contributed by atoms with Crippen molar-refractivity contribution < 1.29 is 19.3 Å². The Kier molecular flexibility index (Phi) is 4.50. The molecule has 1 fully saturated rings. The average Bonchev–Trinajstić information content (AvgIpc) is 2.97. The fraction of sp³-hybridized carbons (Fsp3) is 0.294. The molecule has 2 aromatic carbocycles.